The molecule has 2 heterocycles. The van der Waals surface area contributed by atoms with Crippen LogP contribution >= 0.6 is 0 Å². The molecule has 1 N–H and O–H groups in total. The number of H-pyrrole nitrogens is 1. The molecule has 72 valence electrons. The third-order valence-electron chi connectivity index (χ3n) is 2.03. The van der Waals surface area contributed by atoms with Crippen LogP contribution in [0.1, 0.15) is 17.2 Å². The lowest BCUT2D eigenvalue weighted by Crippen LogP contribution is -1.93. The third kappa shape index (κ3) is 2.16. The molecule has 0 aromatic carbocycles. The fourth-order valence-electron chi connectivity index (χ4n) is 1.31. The Bertz CT molecular complexity index is 394. The molecule has 0 saturated heterocycles. The van der Waals surface area contributed by atoms with Crippen LogP contribution in [0.15, 0.2) is 24.5 Å². The van der Waals surface area contributed by atoms with Crippen molar-refractivity contribution in [3.63, 3.8) is 0 Å². The molecule has 4 heteroatoms. The van der Waals surface area contributed by atoms with Gasteiger partial charge >= 0.3 is 0 Å². The van der Waals surface area contributed by atoms with Crippen molar-refractivity contribution in [2.45, 2.75) is 19.8 Å². The second kappa shape index (κ2) is 4.00. The summed E-state index contributed by atoms with van der Waals surface area (Å²) in [6.07, 6.45) is 5.44. The number of aromatic nitrogens is 4. The van der Waals surface area contributed by atoms with E-state index in [1.54, 1.807) is 12.4 Å². The van der Waals surface area contributed by atoms with Gasteiger partial charge in [0.1, 0.15) is 5.82 Å². The van der Waals surface area contributed by atoms with Gasteiger partial charge in [0.25, 0.3) is 0 Å². The van der Waals surface area contributed by atoms with Gasteiger partial charge in [-0.3, -0.25) is 10.1 Å². The minimum absolute atomic E-state index is 0.869. The summed E-state index contributed by atoms with van der Waals surface area (Å²) < 4.78 is 0. The smallest absolute Gasteiger partial charge is 0.151 e. The Labute approximate surface area is 82.4 Å². The molecule has 0 spiro atoms. The van der Waals surface area contributed by atoms with E-state index < -0.39 is 0 Å². The highest BCUT2D eigenvalue weighted by Crippen LogP contribution is 2.02. The van der Waals surface area contributed by atoms with Gasteiger partial charge in [0.15, 0.2) is 5.82 Å². The second-order valence-corrected chi connectivity index (χ2v) is 3.19. The lowest BCUT2D eigenvalue weighted by molar-refractivity contribution is 0.863. The zero-order valence-electron chi connectivity index (χ0n) is 8.07. The molecule has 0 atom stereocenters. The van der Waals surface area contributed by atoms with Gasteiger partial charge in [-0.05, 0) is 31.0 Å². The highest BCUT2D eigenvalue weighted by atomic mass is 15.2. The SMILES string of the molecule is Cc1nc(CCc2ccncc2)n[nH]1. The van der Waals surface area contributed by atoms with Gasteiger partial charge in [0.2, 0.25) is 0 Å². The van der Waals surface area contributed by atoms with Crippen LogP contribution in [-0.4, -0.2) is 20.2 Å². The number of aryl methyl sites for hydroxylation is 3. The molecule has 0 fully saturated rings. The van der Waals surface area contributed by atoms with Crippen molar-refractivity contribution < 1.29 is 0 Å². The summed E-state index contributed by atoms with van der Waals surface area (Å²) in [6.45, 7) is 1.91. The average molecular weight is 188 g/mol. The molecule has 0 aliphatic carbocycles. The first kappa shape index (κ1) is 8.87. The van der Waals surface area contributed by atoms with Crippen LogP contribution in [0.2, 0.25) is 0 Å². The summed E-state index contributed by atoms with van der Waals surface area (Å²) in [5.41, 5.74) is 1.27. The topological polar surface area (TPSA) is 54.5 Å². The fourth-order valence-corrected chi connectivity index (χ4v) is 1.31. The van der Waals surface area contributed by atoms with Gasteiger partial charge in [0, 0.05) is 18.8 Å². The van der Waals surface area contributed by atoms with E-state index in [1.807, 2.05) is 19.1 Å². The van der Waals surface area contributed by atoms with Crippen molar-refractivity contribution in [2.75, 3.05) is 0 Å². The molecule has 2 aromatic heterocycles. The van der Waals surface area contributed by atoms with Crippen LogP contribution in [0, 0.1) is 6.92 Å². The monoisotopic (exact) mass is 188 g/mol. The average Bonchev–Trinajstić information content (AvgIpc) is 2.63. The minimum Gasteiger partial charge on any atom is -0.265 e. The van der Waals surface area contributed by atoms with Crippen LogP contribution in [0.5, 0.6) is 0 Å². The number of pyridine rings is 1. The van der Waals surface area contributed by atoms with E-state index in [2.05, 4.69) is 20.2 Å². The van der Waals surface area contributed by atoms with Crippen molar-refractivity contribution in [3.05, 3.63) is 41.7 Å². The normalized spacial score (nSPS) is 10.4. The van der Waals surface area contributed by atoms with Crippen LogP contribution in [-0.2, 0) is 12.8 Å². The number of rotatable bonds is 3. The molecule has 0 amide bonds. The quantitative estimate of drug-likeness (QED) is 0.789. The second-order valence-electron chi connectivity index (χ2n) is 3.19. The number of nitrogens with one attached hydrogen (secondary N) is 1. The summed E-state index contributed by atoms with van der Waals surface area (Å²) in [6, 6.07) is 4.03. The van der Waals surface area contributed by atoms with E-state index in [1.165, 1.54) is 5.56 Å². The number of hydrogen-bond donors (Lipinski definition) is 1. The molecular weight excluding hydrogens is 176 g/mol. The van der Waals surface area contributed by atoms with Crippen LogP contribution in [0.3, 0.4) is 0 Å². The maximum absolute atomic E-state index is 4.24. The van der Waals surface area contributed by atoms with Crippen molar-refractivity contribution >= 4 is 0 Å². The van der Waals surface area contributed by atoms with E-state index in [-0.39, 0.29) is 0 Å². The van der Waals surface area contributed by atoms with E-state index in [0.717, 1.165) is 24.5 Å². The maximum Gasteiger partial charge on any atom is 0.151 e. The van der Waals surface area contributed by atoms with Gasteiger partial charge in [0.05, 0.1) is 0 Å². The zero-order valence-corrected chi connectivity index (χ0v) is 8.07. The Balaban J connectivity index is 1.95. The van der Waals surface area contributed by atoms with Gasteiger partial charge < -0.3 is 0 Å². The summed E-state index contributed by atoms with van der Waals surface area (Å²) in [5.74, 6) is 1.74. The van der Waals surface area contributed by atoms with Crippen molar-refractivity contribution in [3.8, 4) is 0 Å². The zero-order chi connectivity index (χ0) is 9.80. The summed E-state index contributed by atoms with van der Waals surface area (Å²) >= 11 is 0. The number of nitrogens with zero attached hydrogens (tertiary/aromatic N) is 3. The van der Waals surface area contributed by atoms with Gasteiger partial charge in [-0.15, -0.1) is 0 Å². The molecule has 0 aliphatic rings. The van der Waals surface area contributed by atoms with E-state index in [4.69, 9.17) is 0 Å². The first-order valence-corrected chi connectivity index (χ1v) is 4.61. The Morgan fingerprint density at radius 2 is 2.00 bits per heavy atom. The van der Waals surface area contributed by atoms with E-state index in [9.17, 15) is 0 Å². The van der Waals surface area contributed by atoms with Crippen LogP contribution < -0.4 is 0 Å². The maximum atomic E-state index is 4.24. The Kier molecular flexibility index (Phi) is 2.53. The standard InChI is InChI=1S/C10H12N4/c1-8-12-10(14-13-8)3-2-9-4-6-11-7-5-9/h4-7H,2-3H2,1H3,(H,12,13,14). The van der Waals surface area contributed by atoms with Crippen molar-refractivity contribution in [1.29, 1.82) is 0 Å². The highest BCUT2D eigenvalue weighted by molar-refractivity contribution is 5.10. The van der Waals surface area contributed by atoms with Gasteiger partial charge in [-0.2, -0.15) is 5.10 Å². The summed E-state index contributed by atoms with van der Waals surface area (Å²) in [7, 11) is 0. The lowest BCUT2D eigenvalue weighted by Gasteiger charge is -1.96. The molecule has 0 aliphatic heterocycles. The number of hydrogen-bond acceptors (Lipinski definition) is 3. The Morgan fingerprint density at radius 3 is 2.64 bits per heavy atom. The Morgan fingerprint density at radius 1 is 1.21 bits per heavy atom. The van der Waals surface area contributed by atoms with Gasteiger partial charge in [-0.1, -0.05) is 0 Å². The molecular formula is C10H12N4. The van der Waals surface area contributed by atoms with Crippen LogP contribution in [0.4, 0.5) is 0 Å². The lowest BCUT2D eigenvalue weighted by atomic mass is 10.1. The molecule has 0 saturated carbocycles. The predicted octanol–water partition coefficient (Wildman–Crippen LogP) is 1.29. The van der Waals surface area contributed by atoms with Crippen molar-refractivity contribution in [2.24, 2.45) is 0 Å². The third-order valence-corrected chi connectivity index (χ3v) is 2.03. The minimum atomic E-state index is 0.869. The first-order valence-electron chi connectivity index (χ1n) is 4.61. The predicted molar refractivity (Wildman–Crippen MR) is 52.8 cm³/mol. The summed E-state index contributed by atoms with van der Waals surface area (Å²) in [4.78, 5) is 8.21. The molecule has 2 aromatic rings. The fraction of sp³-hybridized carbons (Fsp3) is 0.300. The van der Waals surface area contributed by atoms with Crippen LogP contribution in [0.25, 0.3) is 0 Å². The number of aromatic amines is 1. The molecule has 4 nitrogen and oxygen atoms in total. The molecule has 2 rings (SSSR count). The highest BCUT2D eigenvalue weighted by Gasteiger charge is 1.99. The molecule has 0 radical (unpaired) electrons. The molecule has 0 unspecified atom stereocenters. The first-order chi connectivity index (χ1) is 6.84. The Hall–Kier alpha value is -1.71. The largest absolute Gasteiger partial charge is 0.265 e. The molecule has 0 bridgehead atoms. The summed E-state index contributed by atoms with van der Waals surface area (Å²) in [5, 5.41) is 6.91. The van der Waals surface area contributed by atoms with Crippen molar-refractivity contribution in [1.82, 2.24) is 20.2 Å². The molecule has 14 heavy (non-hydrogen) atoms. The van der Waals surface area contributed by atoms with E-state index in [0.29, 0.717) is 0 Å². The van der Waals surface area contributed by atoms with Gasteiger partial charge in [-0.25, -0.2) is 4.98 Å². The van der Waals surface area contributed by atoms with E-state index >= 15 is 0 Å².